The van der Waals surface area contributed by atoms with Gasteiger partial charge in [-0.25, -0.2) is 4.79 Å². The number of amides is 1. The quantitative estimate of drug-likeness (QED) is 0.261. The number of carboxylic acid groups (broad SMARTS) is 2. The van der Waals surface area contributed by atoms with Crippen molar-refractivity contribution >= 4 is 36.3 Å². The molecule has 0 fully saturated rings. The minimum Gasteiger partial charge on any atom is -0.481 e. The smallest absolute Gasteiger partial charge is 0.326 e. The second-order valence-corrected chi connectivity index (χ2v) is 3.82. The molecule has 9 heteroatoms. The van der Waals surface area contributed by atoms with Gasteiger partial charge in [-0.15, -0.1) is 0 Å². The van der Waals surface area contributed by atoms with Gasteiger partial charge in [-0.1, -0.05) is 0 Å². The zero-order valence-electron chi connectivity index (χ0n) is 9.33. The average Bonchev–Trinajstić information content (AvgIpc) is 2.31. The van der Waals surface area contributed by atoms with Crippen LogP contribution in [0.5, 0.6) is 0 Å². The van der Waals surface area contributed by atoms with Crippen LogP contribution in [-0.4, -0.2) is 51.7 Å². The van der Waals surface area contributed by atoms with Crippen molar-refractivity contribution < 1.29 is 29.4 Å². The minimum atomic E-state index is -1.44. The lowest BCUT2D eigenvalue weighted by Gasteiger charge is -2.14. The molecule has 0 aliphatic heterocycles. The van der Waals surface area contributed by atoms with Crippen LogP contribution in [-0.2, 0) is 19.2 Å². The first-order valence-corrected chi connectivity index (χ1v) is 5.58. The van der Waals surface area contributed by atoms with Gasteiger partial charge in [0.25, 0.3) is 5.91 Å². The molecule has 2 atom stereocenters. The third-order valence-corrected chi connectivity index (χ3v) is 2.40. The van der Waals surface area contributed by atoms with Gasteiger partial charge in [0, 0.05) is 12.2 Å². The zero-order chi connectivity index (χ0) is 14.3. The van der Waals surface area contributed by atoms with E-state index in [2.05, 4.69) is 12.6 Å². The number of aliphatic carboxylic acids is 2. The molecule has 0 bridgehead atoms. The first kappa shape index (κ1) is 16.4. The molecule has 0 aromatic carbocycles. The van der Waals surface area contributed by atoms with Crippen molar-refractivity contribution in [1.82, 2.24) is 5.32 Å². The van der Waals surface area contributed by atoms with Gasteiger partial charge in [-0.05, 0) is 6.42 Å². The van der Waals surface area contributed by atoms with E-state index in [9.17, 15) is 19.2 Å². The van der Waals surface area contributed by atoms with E-state index in [0.717, 1.165) is 0 Å². The van der Waals surface area contributed by atoms with Crippen molar-refractivity contribution in [2.24, 2.45) is 5.73 Å². The number of Topliss-reactive ketones (excluding diaryl/α,β-unsaturated/α-hetero) is 1. The predicted molar refractivity (Wildman–Crippen MR) is 63.3 cm³/mol. The molecule has 8 nitrogen and oxygen atoms in total. The summed E-state index contributed by atoms with van der Waals surface area (Å²) in [7, 11) is 0. The second kappa shape index (κ2) is 7.67. The lowest BCUT2D eigenvalue weighted by atomic mass is 10.1. The number of hydrogen-bond donors (Lipinski definition) is 5. The minimum absolute atomic E-state index is 0.0564. The number of ketones is 1. The van der Waals surface area contributed by atoms with E-state index in [4.69, 9.17) is 15.9 Å². The number of hydrogen-bond acceptors (Lipinski definition) is 6. The van der Waals surface area contributed by atoms with Crippen molar-refractivity contribution in [2.45, 2.75) is 24.9 Å². The van der Waals surface area contributed by atoms with Gasteiger partial charge in [-0.3, -0.25) is 14.4 Å². The number of carbonyl (C=O) groups is 4. The van der Waals surface area contributed by atoms with Crippen LogP contribution in [0.25, 0.3) is 0 Å². The molecule has 0 heterocycles. The zero-order valence-corrected chi connectivity index (χ0v) is 10.2. The first-order valence-electron chi connectivity index (χ1n) is 4.95. The molecule has 0 rings (SSSR count). The molecule has 0 unspecified atom stereocenters. The van der Waals surface area contributed by atoms with Crippen LogP contribution in [0.4, 0.5) is 0 Å². The molecule has 0 aromatic rings. The summed E-state index contributed by atoms with van der Waals surface area (Å²) < 4.78 is 0. The van der Waals surface area contributed by atoms with Crippen molar-refractivity contribution in [2.75, 3.05) is 5.75 Å². The highest BCUT2D eigenvalue weighted by atomic mass is 32.1. The highest BCUT2D eigenvalue weighted by Gasteiger charge is 2.26. The van der Waals surface area contributed by atoms with Crippen LogP contribution in [0.3, 0.4) is 0 Å². The van der Waals surface area contributed by atoms with Crippen LogP contribution in [0.2, 0.25) is 0 Å². The van der Waals surface area contributed by atoms with Gasteiger partial charge in [0.1, 0.15) is 6.04 Å². The molecule has 0 aromatic heterocycles. The van der Waals surface area contributed by atoms with E-state index in [0.29, 0.717) is 0 Å². The molecular formula is C9H14N2O6S. The molecule has 0 spiro atoms. The Bertz CT molecular complexity index is 359. The van der Waals surface area contributed by atoms with E-state index in [1.165, 1.54) is 0 Å². The second-order valence-electron chi connectivity index (χ2n) is 3.45. The standard InChI is InChI=1S/C9H14N2O6S/c10-4(3-18)7(14)8(15)11-5(9(16)17)1-2-6(12)13/h4-5,18H,1-3,10H2,(H,11,15)(H,12,13)(H,16,17)/t4-,5-/m0/s1. The Morgan fingerprint density at radius 3 is 2.17 bits per heavy atom. The Kier molecular flexibility index (Phi) is 6.98. The Hall–Kier alpha value is -1.61. The lowest BCUT2D eigenvalue weighted by molar-refractivity contribution is -0.145. The number of nitrogens with two attached hydrogens (primary N) is 1. The third kappa shape index (κ3) is 5.64. The summed E-state index contributed by atoms with van der Waals surface area (Å²) in [5.41, 5.74) is 5.26. The van der Waals surface area contributed by atoms with E-state index < -0.39 is 42.1 Å². The van der Waals surface area contributed by atoms with Crippen molar-refractivity contribution in [1.29, 1.82) is 0 Å². The van der Waals surface area contributed by atoms with Gasteiger partial charge in [0.05, 0.1) is 6.04 Å². The van der Waals surface area contributed by atoms with Crippen molar-refractivity contribution in [3.63, 3.8) is 0 Å². The fourth-order valence-electron chi connectivity index (χ4n) is 1.01. The maximum atomic E-state index is 11.3. The number of carbonyl (C=O) groups excluding carboxylic acids is 2. The number of carboxylic acids is 2. The topological polar surface area (TPSA) is 147 Å². The summed E-state index contributed by atoms with van der Waals surface area (Å²) in [5, 5.41) is 19.1. The van der Waals surface area contributed by atoms with Crippen LogP contribution in [0.15, 0.2) is 0 Å². The van der Waals surface area contributed by atoms with E-state index in [1.54, 1.807) is 0 Å². The number of rotatable bonds is 8. The van der Waals surface area contributed by atoms with Gasteiger partial charge in [0.15, 0.2) is 0 Å². The van der Waals surface area contributed by atoms with E-state index in [-0.39, 0.29) is 12.2 Å². The molecule has 0 radical (unpaired) electrons. The summed E-state index contributed by atoms with van der Waals surface area (Å²) in [6.45, 7) is 0. The molecule has 102 valence electrons. The maximum absolute atomic E-state index is 11.3. The average molecular weight is 278 g/mol. The van der Waals surface area contributed by atoms with Gasteiger partial charge >= 0.3 is 11.9 Å². The maximum Gasteiger partial charge on any atom is 0.326 e. The highest BCUT2D eigenvalue weighted by molar-refractivity contribution is 7.80. The Labute approximate surface area is 108 Å². The number of thiol groups is 1. The molecule has 0 saturated carbocycles. The molecule has 0 aliphatic rings. The van der Waals surface area contributed by atoms with E-state index >= 15 is 0 Å². The Balaban J connectivity index is 4.50. The Morgan fingerprint density at radius 1 is 1.22 bits per heavy atom. The molecule has 1 amide bonds. The largest absolute Gasteiger partial charge is 0.481 e. The van der Waals surface area contributed by atoms with Gasteiger partial charge in [-0.2, -0.15) is 12.6 Å². The lowest BCUT2D eigenvalue weighted by Crippen LogP contribution is -2.49. The fraction of sp³-hybridized carbons (Fsp3) is 0.556. The predicted octanol–water partition coefficient (Wildman–Crippen LogP) is -1.75. The van der Waals surface area contributed by atoms with Crippen molar-refractivity contribution in [3.05, 3.63) is 0 Å². The van der Waals surface area contributed by atoms with Crippen LogP contribution in [0.1, 0.15) is 12.8 Å². The summed E-state index contributed by atoms with van der Waals surface area (Å²) in [4.78, 5) is 43.6. The normalized spacial score (nSPS) is 13.4. The van der Waals surface area contributed by atoms with Crippen LogP contribution in [0, 0.1) is 0 Å². The fourth-order valence-corrected chi connectivity index (χ4v) is 1.17. The number of nitrogens with one attached hydrogen (secondary N) is 1. The molecule has 18 heavy (non-hydrogen) atoms. The van der Waals surface area contributed by atoms with Crippen molar-refractivity contribution in [3.8, 4) is 0 Å². The van der Waals surface area contributed by atoms with Crippen LogP contribution < -0.4 is 11.1 Å². The summed E-state index contributed by atoms with van der Waals surface area (Å²) in [6, 6.07) is -2.56. The third-order valence-electron chi connectivity index (χ3n) is 2.01. The van der Waals surface area contributed by atoms with Gasteiger partial charge < -0.3 is 21.3 Å². The monoisotopic (exact) mass is 278 g/mol. The SMILES string of the molecule is N[C@@H](CS)C(=O)C(=O)N[C@@H](CCC(=O)O)C(=O)O. The molecular weight excluding hydrogens is 264 g/mol. The van der Waals surface area contributed by atoms with E-state index in [1.807, 2.05) is 5.32 Å². The van der Waals surface area contributed by atoms with Crippen LogP contribution >= 0.6 is 12.6 Å². The summed E-state index contributed by atoms with van der Waals surface area (Å²) in [5.74, 6) is -4.83. The summed E-state index contributed by atoms with van der Waals surface area (Å²) in [6.07, 6.45) is -0.760. The van der Waals surface area contributed by atoms with Gasteiger partial charge in [0.2, 0.25) is 5.78 Å². The Morgan fingerprint density at radius 2 is 1.78 bits per heavy atom. The highest BCUT2D eigenvalue weighted by Crippen LogP contribution is 1.99. The molecule has 0 aliphatic carbocycles. The molecule has 0 saturated heterocycles. The first-order chi connectivity index (χ1) is 8.29. The molecule has 5 N–H and O–H groups in total. The summed E-state index contributed by atoms with van der Waals surface area (Å²) >= 11 is 3.73.